The highest BCUT2D eigenvalue weighted by molar-refractivity contribution is 5.67. The zero-order valence-corrected chi connectivity index (χ0v) is 10.5. The Labute approximate surface area is 107 Å². The van der Waals surface area contributed by atoms with E-state index in [9.17, 15) is 19.2 Å². The van der Waals surface area contributed by atoms with Crippen molar-refractivity contribution < 1.29 is 9.63 Å². The highest BCUT2D eigenvalue weighted by atomic mass is 16.7. The van der Waals surface area contributed by atoms with Crippen LogP contribution in [0.25, 0.3) is 0 Å². The van der Waals surface area contributed by atoms with Crippen LogP contribution in [0.3, 0.4) is 0 Å². The van der Waals surface area contributed by atoms with Gasteiger partial charge in [0, 0.05) is 6.54 Å². The van der Waals surface area contributed by atoms with Gasteiger partial charge in [-0.15, -0.1) is 0 Å². The molecule has 0 saturated heterocycles. The van der Waals surface area contributed by atoms with Gasteiger partial charge in [-0.3, -0.25) is 9.97 Å². The molecule has 0 unspecified atom stereocenters. The fourth-order valence-electron chi connectivity index (χ4n) is 1.36. The van der Waals surface area contributed by atoms with E-state index >= 15 is 0 Å². The first-order chi connectivity index (χ1) is 9.04. The van der Waals surface area contributed by atoms with Crippen molar-refractivity contribution in [2.45, 2.75) is 32.6 Å². The van der Waals surface area contributed by atoms with E-state index in [1.165, 1.54) is 0 Å². The minimum Gasteiger partial charge on any atom is -0.320 e. The van der Waals surface area contributed by atoms with Crippen LogP contribution in [0.4, 0.5) is 4.79 Å². The zero-order chi connectivity index (χ0) is 14.3. The number of unbranched alkanes of at least 4 members (excludes halogenated alkanes) is 3. The molecule has 1 amide bonds. The van der Waals surface area contributed by atoms with Crippen molar-refractivity contribution in [2.24, 2.45) is 0 Å². The number of rotatable bonds is 6. The van der Waals surface area contributed by atoms with Crippen molar-refractivity contribution in [3.63, 3.8) is 0 Å². The van der Waals surface area contributed by atoms with Crippen molar-refractivity contribution in [3.8, 4) is 0 Å². The van der Waals surface area contributed by atoms with Crippen LogP contribution >= 0.6 is 0 Å². The first-order valence-electron chi connectivity index (χ1n) is 5.96. The van der Waals surface area contributed by atoms with E-state index in [-0.39, 0.29) is 4.73 Å². The van der Waals surface area contributed by atoms with Gasteiger partial charge >= 0.3 is 23.2 Å². The number of nitrogens with one attached hydrogen (secondary N) is 3. The normalized spacial score (nSPS) is 10.2. The van der Waals surface area contributed by atoms with Crippen molar-refractivity contribution in [1.29, 1.82) is 0 Å². The highest BCUT2D eigenvalue weighted by Crippen LogP contribution is 1.96. The predicted molar refractivity (Wildman–Crippen MR) is 66.1 cm³/mol. The monoisotopic (exact) mass is 272 g/mol. The molecule has 0 aliphatic heterocycles. The lowest BCUT2D eigenvalue weighted by molar-refractivity contribution is 0.118. The second-order valence-corrected chi connectivity index (χ2v) is 3.85. The molecular formula is C10H16N4O5. The third-order valence-electron chi connectivity index (χ3n) is 2.28. The molecular weight excluding hydrogens is 256 g/mol. The number of hydrogen-bond donors (Lipinski definition) is 3. The average molecular weight is 272 g/mol. The van der Waals surface area contributed by atoms with Crippen LogP contribution in [-0.2, 0) is 0 Å². The molecule has 19 heavy (non-hydrogen) atoms. The lowest BCUT2D eigenvalue weighted by atomic mass is 10.2. The number of H-pyrrole nitrogens is 2. The molecule has 106 valence electrons. The van der Waals surface area contributed by atoms with Gasteiger partial charge < -0.3 is 10.2 Å². The van der Waals surface area contributed by atoms with E-state index in [0.29, 0.717) is 6.54 Å². The summed E-state index contributed by atoms with van der Waals surface area (Å²) in [6.45, 7) is 2.45. The smallest absolute Gasteiger partial charge is 0.320 e. The molecule has 1 rings (SSSR count). The summed E-state index contributed by atoms with van der Waals surface area (Å²) in [5, 5.41) is 2.39. The minimum absolute atomic E-state index is 0.142. The molecule has 0 bridgehead atoms. The topological polar surface area (TPSA) is 126 Å². The van der Waals surface area contributed by atoms with Gasteiger partial charge in [0.25, 0.3) is 0 Å². The van der Waals surface area contributed by atoms with Crippen molar-refractivity contribution >= 4 is 6.09 Å². The maximum absolute atomic E-state index is 11.3. The van der Waals surface area contributed by atoms with E-state index in [0.717, 1.165) is 25.7 Å². The number of aromatic nitrogens is 3. The van der Waals surface area contributed by atoms with E-state index in [2.05, 4.69) is 17.1 Å². The van der Waals surface area contributed by atoms with Crippen LogP contribution in [0.1, 0.15) is 32.6 Å². The number of carbonyl (C=O) groups excluding carboxylic acids is 1. The molecule has 3 N–H and O–H groups in total. The summed E-state index contributed by atoms with van der Waals surface area (Å²) in [6, 6.07) is 0. The van der Waals surface area contributed by atoms with Crippen LogP contribution in [0, 0.1) is 0 Å². The quantitative estimate of drug-likeness (QED) is 0.569. The van der Waals surface area contributed by atoms with Gasteiger partial charge in [-0.1, -0.05) is 30.9 Å². The van der Waals surface area contributed by atoms with Crippen LogP contribution < -0.4 is 27.2 Å². The molecule has 0 spiro atoms. The molecule has 9 nitrogen and oxygen atoms in total. The largest absolute Gasteiger partial charge is 0.432 e. The summed E-state index contributed by atoms with van der Waals surface area (Å²) in [6.07, 6.45) is 2.95. The van der Waals surface area contributed by atoms with Gasteiger partial charge in [-0.25, -0.2) is 19.2 Å². The number of nitrogens with zero attached hydrogens (tertiary/aromatic N) is 1. The van der Waals surface area contributed by atoms with E-state index in [4.69, 9.17) is 0 Å². The van der Waals surface area contributed by atoms with Crippen molar-refractivity contribution in [1.82, 2.24) is 20.0 Å². The molecule has 9 heteroatoms. The Morgan fingerprint density at radius 2 is 1.79 bits per heavy atom. The Bertz CT molecular complexity index is 550. The highest BCUT2D eigenvalue weighted by Gasteiger charge is 2.09. The first-order valence-corrected chi connectivity index (χ1v) is 5.96. The van der Waals surface area contributed by atoms with Gasteiger partial charge in [-0.2, -0.15) is 0 Å². The van der Waals surface area contributed by atoms with E-state index in [1.54, 1.807) is 9.97 Å². The summed E-state index contributed by atoms with van der Waals surface area (Å²) in [7, 11) is 0. The Hall–Kier alpha value is -2.32. The molecule has 0 aromatic carbocycles. The second kappa shape index (κ2) is 7.19. The molecule has 0 aliphatic rings. The maximum atomic E-state index is 11.3. The fourth-order valence-corrected chi connectivity index (χ4v) is 1.36. The van der Waals surface area contributed by atoms with Gasteiger partial charge in [0.1, 0.15) is 0 Å². The summed E-state index contributed by atoms with van der Waals surface area (Å²) in [5.74, 6) is 0. The molecule has 0 saturated carbocycles. The number of hydrogen-bond acceptors (Lipinski definition) is 5. The van der Waals surface area contributed by atoms with Gasteiger partial charge in [0.05, 0.1) is 0 Å². The summed E-state index contributed by atoms with van der Waals surface area (Å²) in [5.41, 5.74) is -3.19. The summed E-state index contributed by atoms with van der Waals surface area (Å²) < 4.78 is 0.142. The molecule has 0 aliphatic carbocycles. The Morgan fingerprint density at radius 1 is 1.16 bits per heavy atom. The Morgan fingerprint density at radius 3 is 2.37 bits per heavy atom. The SMILES string of the molecule is CCCCCCNC(=O)On1c(=O)[nH]c(=O)[nH]c1=O. The Kier molecular flexibility index (Phi) is 5.58. The van der Waals surface area contributed by atoms with Crippen molar-refractivity contribution in [3.05, 3.63) is 31.5 Å². The third kappa shape index (κ3) is 4.82. The zero-order valence-electron chi connectivity index (χ0n) is 10.5. The van der Waals surface area contributed by atoms with Crippen LogP contribution in [0.2, 0.25) is 0 Å². The average Bonchev–Trinajstić information content (AvgIpc) is 2.33. The lowest BCUT2D eigenvalue weighted by Gasteiger charge is -2.05. The van der Waals surface area contributed by atoms with Gasteiger partial charge in [0.15, 0.2) is 0 Å². The van der Waals surface area contributed by atoms with Crippen LogP contribution in [0.5, 0.6) is 0 Å². The summed E-state index contributed by atoms with van der Waals surface area (Å²) in [4.78, 5) is 52.4. The molecule has 1 aromatic rings. The first kappa shape index (κ1) is 14.7. The van der Waals surface area contributed by atoms with E-state index in [1.807, 2.05) is 0 Å². The van der Waals surface area contributed by atoms with Gasteiger partial charge in [-0.05, 0) is 6.42 Å². The summed E-state index contributed by atoms with van der Waals surface area (Å²) >= 11 is 0. The van der Waals surface area contributed by atoms with E-state index < -0.39 is 23.2 Å². The number of carbonyl (C=O) groups is 1. The number of aromatic amines is 2. The van der Waals surface area contributed by atoms with Crippen molar-refractivity contribution in [2.75, 3.05) is 6.54 Å². The third-order valence-corrected chi connectivity index (χ3v) is 2.28. The maximum Gasteiger partial charge on any atom is 0.432 e. The lowest BCUT2D eigenvalue weighted by Crippen LogP contribution is -2.49. The Balaban J connectivity index is 2.52. The standard InChI is InChI=1S/C10H16N4O5/c1-2-3-4-5-6-11-10(18)19-14-8(16)12-7(15)13-9(14)17/h2-6H2,1H3,(H,11,18)(H2,12,13,15,16,17). The second-order valence-electron chi connectivity index (χ2n) is 3.85. The molecule has 1 heterocycles. The fraction of sp³-hybridized carbons (Fsp3) is 0.600. The molecule has 1 aromatic heterocycles. The molecule has 0 atom stereocenters. The predicted octanol–water partition coefficient (Wildman–Crippen LogP) is -1.06. The van der Waals surface area contributed by atoms with Crippen LogP contribution in [0.15, 0.2) is 14.4 Å². The van der Waals surface area contributed by atoms with Crippen LogP contribution in [-0.4, -0.2) is 27.3 Å². The van der Waals surface area contributed by atoms with Gasteiger partial charge in [0.2, 0.25) is 0 Å². The minimum atomic E-state index is -1.12. The molecule has 0 fully saturated rings. The molecule has 0 radical (unpaired) electrons. The number of amides is 1.